The number of hydrogen-bond acceptors (Lipinski definition) is 5. The van der Waals surface area contributed by atoms with E-state index in [0.29, 0.717) is 12.4 Å². The van der Waals surface area contributed by atoms with Crippen LogP contribution in [0, 0.1) is 0 Å². The minimum absolute atomic E-state index is 0.154. The molecule has 0 spiro atoms. The largest absolute Gasteiger partial charge is 0.380 e. The van der Waals surface area contributed by atoms with E-state index in [4.69, 9.17) is 9.72 Å². The lowest BCUT2D eigenvalue weighted by molar-refractivity contribution is 0.111. The molecule has 2 aromatic heterocycles. The zero-order chi connectivity index (χ0) is 16.4. The fraction of sp³-hybridized carbons (Fsp3) is 0.333. The molecule has 0 bridgehead atoms. The number of aliphatic hydroxyl groups excluding tert-OH is 1. The van der Waals surface area contributed by atoms with Crippen molar-refractivity contribution in [2.75, 3.05) is 6.61 Å². The number of aromatic nitrogens is 3. The Balaban J connectivity index is 1.53. The fourth-order valence-electron chi connectivity index (χ4n) is 2.98. The molecule has 0 amide bonds. The molecule has 6 heteroatoms. The molecule has 0 unspecified atom stereocenters. The van der Waals surface area contributed by atoms with Gasteiger partial charge in [-0.15, -0.1) is 11.3 Å². The molecule has 0 aliphatic carbocycles. The minimum Gasteiger partial charge on any atom is -0.380 e. The number of thiazole rings is 1. The third kappa shape index (κ3) is 3.13. The summed E-state index contributed by atoms with van der Waals surface area (Å²) in [4.78, 5) is 9.04. The van der Waals surface area contributed by atoms with Crippen LogP contribution in [0.5, 0.6) is 0 Å². The number of hydrogen-bond donors (Lipinski definition) is 1. The van der Waals surface area contributed by atoms with Crippen molar-refractivity contribution < 1.29 is 9.84 Å². The van der Waals surface area contributed by atoms with Gasteiger partial charge in [0.25, 0.3) is 0 Å². The fourth-order valence-corrected chi connectivity index (χ4v) is 3.87. The number of nitrogens with zero attached hydrogens (tertiary/aromatic N) is 3. The second-order valence-corrected chi connectivity index (χ2v) is 6.79. The Morgan fingerprint density at radius 2 is 2.21 bits per heavy atom. The van der Waals surface area contributed by atoms with Crippen molar-refractivity contribution in [2.45, 2.75) is 31.6 Å². The molecule has 0 saturated carbocycles. The quantitative estimate of drug-likeness (QED) is 0.773. The van der Waals surface area contributed by atoms with E-state index in [0.717, 1.165) is 35.7 Å². The van der Waals surface area contributed by atoms with Crippen LogP contribution >= 0.6 is 11.3 Å². The van der Waals surface area contributed by atoms with Crippen molar-refractivity contribution >= 4 is 11.3 Å². The maximum Gasteiger partial charge on any atom is 0.142 e. The van der Waals surface area contributed by atoms with Gasteiger partial charge in [0.15, 0.2) is 0 Å². The first kappa shape index (κ1) is 15.5. The van der Waals surface area contributed by atoms with Gasteiger partial charge in [0, 0.05) is 24.4 Å². The molecule has 1 fully saturated rings. The van der Waals surface area contributed by atoms with Gasteiger partial charge in [-0.2, -0.15) is 0 Å². The molecule has 124 valence electrons. The Kier molecular flexibility index (Phi) is 4.42. The van der Waals surface area contributed by atoms with E-state index >= 15 is 0 Å². The maximum absolute atomic E-state index is 10.6. The maximum atomic E-state index is 10.6. The van der Waals surface area contributed by atoms with E-state index in [1.807, 2.05) is 41.1 Å². The molecule has 1 aliphatic rings. The van der Waals surface area contributed by atoms with E-state index < -0.39 is 6.10 Å². The van der Waals surface area contributed by atoms with E-state index in [2.05, 4.69) is 10.4 Å². The Bertz CT molecular complexity index is 793. The summed E-state index contributed by atoms with van der Waals surface area (Å²) in [5.74, 6) is 0.632. The monoisotopic (exact) mass is 341 g/mol. The van der Waals surface area contributed by atoms with Crippen molar-refractivity contribution in [3.05, 3.63) is 70.2 Å². The van der Waals surface area contributed by atoms with Gasteiger partial charge >= 0.3 is 0 Å². The second kappa shape index (κ2) is 6.84. The summed E-state index contributed by atoms with van der Waals surface area (Å²) in [6.45, 7) is 1.43. The first-order valence-corrected chi connectivity index (χ1v) is 8.99. The van der Waals surface area contributed by atoms with Crippen LogP contribution in [0.4, 0.5) is 0 Å². The molecular formula is C18H19N3O2S. The number of aliphatic hydroxyl groups is 1. The second-order valence-electron chi connectivity index (χ2n) is 5.91. The van der Waals surface area contributed by atoms with Crippen molar-refractivity contribution in [1.29, 1.82) is 0 Å². The zero-order valence-electron chi connectivity index (χ0n) is 13.2. The topological polar surface area (TPSA) is 60.2 Å². The smallest absolute Gasteiger partial charge is 0.142 e. The first-order valence-electron chi connectivity index (χ1n) is 8.11. The van der Waals surface area contributed by atoms with E-state index in [1.54, 1.807) is 17.5 Å². The number of benzene rings is 1. The van der Waals surface area contributed by atoms with Gasteiger partial charge in [0.2, 0.25) is 0 Å². The molecule has 1 saturated heterocycles. The van der Waals surface area contributed by atoms with Gasteiger partial charge < -0.3 is 14.4 Å². The molecule has 0 radical (unpaired) electrons. The Morgan fingerprint density at radius 3 is 3.00 bits per heavy atom. The highest BCUT2D eigenvalue weighted by Crippen LogP contribution is 2.31. The van der Waals surface area contributed by atoms with Crippen LogP contribution in [-0.4, -0.2) is 26.2 Å². The first-order chi connectivity index (χ1) is 11.8. The highest BCUT2D eigenvalue weighted by atomic mass is 32.1. The molecular weight excluding hydrogens is 322 g/mol. The van der Waals surface area contributed by atoms with Crippen molar-refractivity contribution in [1.82, 2.24) is 14.5 Å². The molecule has 1 N–H and O–H groups in total. The van der Waals surface area contributed by atoms with Gasteiger partial charge in [-0.05, 0) is 18.4 Å². The lowest BCUT2D eigenvalue weighted by atomic mass is 10.1. The Morgan fingerprint density at radius 1 is 1.33 bits per heavy atom. The van der Waals surface area contributed by atoms with Gasteiger partial charge in [-0.3, -0.25) is 0 Å². The lowest BCUT2D eigenvalue weighted by Crippen LogP contribution is -2.11. The van der Waals surface area contributed by atoms with Crippen molar-refractivity contribution in [3.8, 4) is 0 Å². The summed E-state index contributed by atoms with van der Waals surface area (Å²) in [6, 6.07) is 9.58. The molecule has 4 rings (SSSR count). The van der Waals surface area contributed by atoms with E-state index in [9.17, 15) is 5.11 Å². The van der Waals surface area contributed by atoms with Crippen LogP contribution in [0.3, 0.4) is 0 Å². The summed E-state index contributed by atoms with van der Waals surface area (Å²) in [6.07, 6.45) is 5.17. The minimum atomic E-state index is -0.738. The SMILES string of the molecule is O[C@@H](c1ccccc1)c1nccn1Cc1csc([C@@H]2CCCO2)n1. The summed E-state index contributed by atoms with van der Waals surface area (Å²) in [5, 5.41) is 13.7. The molecule has 2 atom stereocenters. The van der Waals surface area contributed by atoms with Gasteiger partial charge in [-0.1, -0.05) is 30.3 Å². The Labute approximate surface area is 144 Å². The average Bonchev–Trinajstić information content (AvgIpc) is 3.37. The molecule has 3 aromatic rings. The summed E-state index contributed by atoms with van der Waals surface area (Å²) in [7, 11) is 0. The molecule has 24 heavy (non-hydrogen) atoms. The third-order valence-electron chi connectivity index (χ3n) is 4.21. The number of ether oxygens (including phenoxy) is 1. The van der Waals surface area contributed by atoms with Crippen molar-refractivity contribution in [3.63, 3.8) is 0 Å². The van der Waals surface area contributed by atoms with Crippen LogP contribution in [-0.2, 0) is 11.3 Å². The number of imidazole rings is 1. The van der Waals surface area contributed by atoms with Crippen LogP contribution in [0.2, 0.25) is 0 Å². The van der Waals surface area contributed by atoms with Crippen LogP contribution < -0.4 is 0 Å². The molecule has 1 aromatic carbocycles. The highest BCUT2D eigenvalue weighted by molar-refractivity contribution is 7.09. The molecule has 3 heterocycles. The van der Waals surface area contributed by atoms with Crippen LogP contribution in [0.15, 0.2) is 48.1 Å². The standard InChI is InChI=1S/C18H19N3O2S/c22-16(13-5-2-1-3-6-13)17-19-8-9-21(17)11-14-12-24-18(20-14)15-7-4-10-23-15/h1-3,5-6,8-9,12,15-16,22H,4,7,10-11H2/t15-,16-/m0/s1. The predicted octanol–water partition coefficient (Wildman–Crippen LogP) is 3.32. The third-order valence-corrected chi connectivity index (χ3v) is 5.20. The normalized spacial score (nSPS) is 18.8. The Hall–Kier alpha value is -2.02. The van der Waals surface area contributed by atoms with Crippen molar-refractivity contribution in [2.24, 2.45) is 0 Å². The van der Waals surface area contributed by atoms with Gasteiger partial charge in [-0.25, -0.2) is 9.97 Å². The lowest BCUT2D eigenvalue weighted by Gasteiger charge is -2.13. The average molecular weight is 341 g/mol. The number of rotatable bonds is 5. The highest BCUT2D eigenvalue weighted by Gasteiger charge is 2.21. The summed E-state index contributed by atoms with van der Waals surface area (Å²) in [5.41, 5.74) is 1.81. The molecule has 5 nitrogen and oxygen atoms in total. The molecule has 1 aliphatic heterocycles. The van der Waals surface area contributed by atoms with Crippen LogP contribution in [0.1, 0.15) is 47.1 Å². The summed E-state index contributed by atoms with van der Waals surface area (Å²) >= 11 is 1.65. The van der Waals surface area contributed by atoms with Gasteiger partial charge in [0.1, 0.15) is 23.0 Å². The predicted molar refractivity (Wildman–Crippen MR) is 91.9 cm³/mol. The van der Waals surface area contributed by atoms with E-state index in [1.165, 1.54) is 0 Å². The summed E-state index contributed by atoms with van der Waals surface area (Å²) < 4.78 is 7.65. The van der Waals surface area contributed by atoms with Gasteiger partial charge in [0.05, 0.1) is 12.2 Å². The van der Waals surface area contributed by atoms with E-state index in [-0.39, 0.29) is 6.10 Å². The zero-order valence-corrected chi connectivity index (χ0v) is 14.0. The van der Waals surface area contributed by atoms with Crippen LogP contribution in [0.25, 0.3) is 0 Å².